The second kappa shape index (κ2) is 4.49. The van der Waals surface area contributed by atoms with Gasteiger partial charge < -0.3 is 11.6 Å². The van der Waals surface area contributed by atoms with Crippen LogP contribution >= 0.6 is 11.8 Å². The summed E-state index contributed by atoms with van der Waals surface area (Å²) in [6, 6.07) is 0. The van der Waals surface area contributed by atoms with Gasteiger partial charge in [0.05, 0.1) is 0 Å². The fraction of sp³-hybridized carbons (Fsp3) is 0.800. The highest BCUT2D eigenvalue weighted by Crippen LogP contribution is 2.11. The predicted octanol–water partition coefficient (Wildman–Crippen LogP) is 0.707. The lowest BCUT2D eigenvalue weighted by atomic mass is 10.4. The molecule has 54 valence electrons. The molecule has 0 bridgehead atoms. The van der Waals surface area contributed by atoms with Gasteiger partial charge in [-0.15, -0.1) is 0 Å². The van der Waals surface area contributed by atoms with Crippen molar-refractivity contribution in [3.8, 4) is 0 Å². The Hall–Kier alpha value is -0.380. The zero-order chi connectivity index (χ0) is 7.28. The quantitative estimate of drug-likeness (QED) is 0.261. The molecule has 0 aliphatic heterocycles. The summed E-state index contributed by atoms with van der Waals surface area (Å²) < 4.78 is 0. The van der Waals surface area contributed by atoms with E-state index in [-0.39, 0.29) is 0 Å². The molecule has 0 spiro atoms. The molecule has 0 rings (SSSR count). The standard InChI is InChI=1S/C5H13N3S/c1-3-4(2)9-5(6)8-7/h4H,3,7H2,1-2H3,(H2,6,8). The van der Waals surface area contributed by atoms with E-state index < -0.39 is 0 Å². The van der Waals surface area contributed by atoms with Crippen LogP contribution in [-0.2, 0) is 0 Å². The van der Waals surface area contributed by atoms with Gasteiger partial charge >= 0.3 is 0 Å². The number of hydrogen-bond acceptors (Lipinski definition) is 3. The number of thioether (sulfide) groups is 1. The summed E-state index contributed by atoms with van der Waals surface area (Å²) in [5.41, 5.74) is 5.34. The molecule has 1 atom stereocenters. The van der Waals surface area contributed by atoms with Crippen molar-refractivity contribution < 1.29 is 0 Å². The Balaban J connectivity index is 3.47. The first-order valence-corrected chi connectivity index (χ1v) is 3.78. The van der Waals surface area contributed by atoms with Crippen LogP contribution in [0.15, 0.2) is 5.10 Å². The fourth-order valence-corrected chi connectivity index (χ4v) is 0.960. The minimum absolute atomic E-state index is 0.462. The van der Waals surface area contributed by atoms with Crippen molar-refractivity contribution in [2.75, 3.05) is 0 Å². The fourth-order valence-electron chi connectivity index (χ4n) is 0.320. The predicted molar refractivity (Wildman–Crippen MR) is 43.2 cm³/mol. The molecule has 3 nitrogen and oxygen atoms in total. The van der Waals surface area contributed by atoms with Gasteiger partial charge in [0, 0.05) is 5.25 Å². The molecule has 9 heavy (non-hydrogen) atoms. The molecule has 1 unspecified atom stereocenters. The van der Waals surface area contributed by atoms with Crippen LogP contribution in [0.25, 0.3) is 0 Å². The summed E-state index contributed by atoms with van der Waals surface area (Å²) >= 11 is 1.50. The second-order valence-corrected chi connectivity index (χ2v) is 3.26. The van der Waals surface area contributed by atoms with Crippen molar-refractivity contribution in [3.63, 3.8) is 0 Å². The number of hydrogen-bond donors (Lipinski definition) is 2. The molecule has 0 aliphatic carbocycles. The highest BCUT2D eigenvalue weighted by atomic mass is 32.2. The lowest BCUT2D eigenvalue weighted by molar-refractivity contribution is 0.910. The normalized spacial score (nSPS) is 15.6. The van der Waals surface area contributed by atoms with Crippen LogP contribution in [0, 0.1) is 0 Å². The van der Waals surface area contributed by atoms with Crippen LogP contribution in [-0.4, -0.2) is 10.4 Å². The molecule has 0 aromatic rings. The third kappa shape index (κ3) is 4.14. The average Bonchev–Trinajstić information content (AvgIpc) is 1.87. The molecule has 0 aromatic carbocycles. The first-order valence-electron chi connectivity index (χ1n) is 2.90. The maximum Gasteiger partial charge on any atom is 0.177 e. The van der Waals surface area contributed by atoms with E-state index in [1.165, 1.54) is 11.8 Å². The Kier molecular flexibility index (Phi) is 4.30. The summed E-state index contributed by atoms with van der Waals surface area (Å²) in [5.74, 6) is 4.92. The van der Waals surface area contributed by atoms with Crippen molar-refractivity contribution >= 4 is 16.9 Å². The first-order chi connectivity index (χ1) is 4.20. The summed E-state index contributed by atoms with van der Waals surface area (Å²) in [6.07, 6.45) is 1.08. The summed E-state index contributed by atoms with van der Waals surface area (Å²) in [4.78, 5) is 0. The van der Waals surface area contributed by atoms with Crippen LogP contribution in [0.5, 0.6) is 0 Å². The third-order valence-corrected chi connectivity index (χ3v) is 2.11. The van der Waals surface area contributed by atoms with Gasteiger partial charge in [0.15, 0.2) is 5.17 Å². The van der Waals surface area contributed by atoms with Gasteiger partial charge in [0.1, 0.15) is 0 Å². The van der Waals surface area contributed by atoms with E-state index in [1.54, 1.807) is 0 Å². The third-order valence-electron chi connectivity index (χ3n) is 1.02. The molecule has 4 heteroatoms. The summed E-state index contributed by atoms with van der Waals surface area (Å²) in [5, 5.41) is 4.31. The van der Waals surface area contributed by atoms with Crippen LogP contribution in [0.1, 0.15) is 20.3 Å². The highest BCUT2D eigenvalue weighted by Gasteiger charge is 2.00. The number of nitrogens with two attached hydrogens (primary N) is 2. The Morgan fingerprint density at radius 1 is 1.78 bits per heavy atom. The molecule has 0 radical (unpaired) electrons. The smallest absolute Gasteiger partial charge is 0.177 e. The minimum atomic E-state index is 0.462. The van der Waals surface area contributed by atoms with Crippen molar-refractivity contribution in [1.82, 2.24) is 0 Å². The highest BCUT2D eigenvalue weighted by molar-refractivity contribution is 8.14. The molecule has 0 heterocycles. The second-order valence-electron chi connectivity index (χ2n) is 1.80. The molecular formula is C5H13N3S. The van der Waals surface area contributed by atoms with Crippen LogP contribution < -0.4 is 11.6 Å². The molecule has 0 saturated heterocycles. The average molecular weight is 147 g/mol. The Morgan fingerprint density at radius 2 is 2.33 bits per heavy atom. The molecule has 0 aliphatic rings. The number of amidine groups is 1. The lowest BCUT2D eigenvalue weighted by Gasteiger charge is -2.04. The topological polar surface area (TPSA) is 64.4 Å². The van der Waals surface area contributed by atoms with E-state index in [1.807, 2.05) is 0 Å². The summed E-state index contributed by atoms with van der Waals surface area (Å²) in [6.45, 7) is 4.18. The van der Waals surface area contributed by atoms with Crippen molar-refractivity contribution in [2.24, 2.45) is 16.7 Å². The molecule has 0 aromatic heterocycles. The molecule has 0 saturated carbocycles. The van der Waals surface area contributed by atoms with E-state index in [0.29, 0.717) is 10.4 Å². The Labute approximate surface area is 59.9 Å². The van der Waals surface area contributed by atoms with Gasteiger partial charge in [-0.3, -0.25) is 0 Å². The molecule has 0 fully saturated rings. The van der Waals surface area contributed by atoms with Gasteiger partial charge in [-0.05, 0) is 6.42 Å². The van der Waals surface area contributed by atoms with Gasteiger partial charge in [0.2, 0.25) is 0 Å². The van der Waals surface area contributed by atoms with Gasteiger partial charge in [-0.25, -0.2) is 0 Å². The van der Waals surface area contributed by atoms with Crippen molar-refractivity contribution in [2.45, 2.75) is 25.5 Å². The van der Waals surface area contributed by atoms with E-state index in [4.69, 9.17) is 11.6 Å². The van der Waals surface area contributed by atoms with E-state index >= 15 is 0 Å². The summed E-state index contributed by atoms with van der Waals surface area (Å²) in [7, 11) is 0. The van der Waals surface area contributed by atoms with Gasteiger partial charge in [0.25, 0.3) is 0 Å². The first kappa shape index (κ1) is 8.62. The van der Waals surface area contributed by atoms with Gasteiger partial charge in [-0.1, -0.05) is 25.6 Å². The van der Waals surface area contributed by atoms with Gasteiger partial charge in [-0.2, -0.15) is 5.10 Å². The van der Waals surface area contributed by atoms with Crippen molar-refractivity contribution in [1.29, 1.82) is 0 Å². The Bertz CT molecular complexity index is 102. The maximum absolute atomic E-state index is 5.34. The van der Waals surface area contributed by atoms with Crippen LogP contribution in [0.2, 0.25) is 0 Å². The zero-order valence-corrected chi connectivity index (χ0v) is 6.61. The molecule has 0 amide bonds. The molecule has 4 N–H and O–H groups in total. The van der Waals surface area contributed by atoms with Crippen LogP contribution in [0.4, 0.5) is 0 Å². The van der Waals surface area contributed by atoms with E-state index in [0.717, 1.165) is 6.42 Å². The van der Waals surface area contributed by atoms with E-state index in [2.05, 4.69) is 18.9 Å². The SMILES string of the molecule is CCC(C)SC(N)=NN. The molecular weight excluding hydrogens is 134 g/mol. The number of nitrogens with zero attached hydrogens (tertiary/aromatic N) is 1. The zero-order valence-electron chi connectivity index (χ0n) is 5.79. The maximum atomic E-state index is 5.34. The largest absolute Gasteiger partial charge is 0.377 e. The number of rotatable bonds is 2. The monoisotopic (exact) mass is 147 g/mol. The Morgan fingerprint density at radius 3 is 2.67 bits per heavy atom. The van der Waals surface area contributed by atoms with E-state index in [9.17, 15) is 0 Å². The minimum Gasteiger partial charge on any atom is -0.377 e. The van der Waals surface area contributed by atoms with Crippen molar-refractivity contribution in [3.05, 3.63) is 0 Å². The lowest BCUT2D eigenvalue weighted by Crippen LogP contribution is -2.12. The number of hydrazone groups is 1. The van der Waals surface area contributed by atoms with Crippen LogP contribution in [0.3, 0.4) is 0 Å².